The lowest BCUT2D eigenvalue weighted by Gasteiger charge is -2.09. The maximum atomic E-state index is 12.9. The van der Waals surface area contributed by atoms with E-state index in [1.54, 1.807) is 17.4 Å². The third-order valence-electron chi connectivity index (χ3n) is 5.70. The normalized spacial score (nSPS) is 11.3. The average Bonchev–Trinajstić information content (AvgIpc) is 3.26. The van der Waals surface area contributed by atoms with E-state index in [1.165, 1.54) is 15.6 Å². The van der Waals surface area contributed by atoms with Gasteiger partial charge in [0.2, 0.25) is 0 Å². The molecule has 1 aromatic heterocycles. The summed E-state index contributed by atoms with van der Waals surface area (Å²) in [5.74, 6) is 1.11. The second kappa shape index (κ2) is 10.3. The van der Waals surface area contributed by atoms with Gasteiger partial charge in [0.25, 0.3) is 0 Å². The summed E-state index contributed by atoms with van der Waals surface area (Å²) in [4.78, 5) is 19.0. The number of rotatable bonds is 9. The van der Waals surface area contributed by atoms with Crippen LogP contribution in [0.3, 0.4) is 0 Å². The number of nitrogens with zero attached hydrogens (tertiary/aromatic N) is 1. The summed E-state index contributed by atoms with van der Waals surface area (Å²) in [5.41, 5.74) is 3.79. The predicted molar refractivity (Wildman–Crippen MR) is 136 cm³/mol. The molecule has 5 heteroatoms. The van der Waals surface area contributed by atoms with Gasteiger partial charge in [-0.1, -0.05) is 50.2 Å². The Hall–Kier alpha value is -3.02. The van der Waals surface area contributed by atoms with Crippen molar-refractivity contribution in [3.05, 3.63) is 82.4 Å². The Morgan fingerprint density at radius 1 is 1.06 bits per heavy atom. The Bertz CT molecular complexity index is 1280. The molecular weight excluding hydrogens is 430 g/mol. The van der Waals surface area contributed by atoms with Gasteiger partial charge in [0.15, 0.2) is 5.78 Å². The third kappa shape index (κ3) is 5.32. The lowest BCUT2D eigenvalue weighted by molar-refractivity contribution is 0.0983. The topological polar surface area (TPSA) is 59.4 Å². The Labute approximate surface area is 198 Å². The van der Waals surface area contributed by atoms with E-state index < -0.39 is 0 Å². The Balaban J connectivity index is 1.52. The largest absolute Gasteiger partial charge is 0.491 e. The number of fused-ring (bicyclic) bond motifs is 1. The highest BCUT2D eigenvalue weighted by molar-refractivity contribution is 7.15. The number of aromatic nitrogens is 1. The summed E-state index contributed by atoms with van der Waals surface area (Å²) in [7, 11) is 0. The first-order valence-electron chi connectivity index (χ1n) is 11.3. The first-order valence-corrected chi connectivity index (χ1v) is 12.1. The molecule has 0 fully saturated rings. The molecule has 0 aliphatic rings. The number of carbonyl (C=O) groups excluding carboxylic acids is 1. The van der Waals surface area contributed by atoms with Crippen LogP contribution in [-0.4, -0.2) is 29.1 Å². The molecule has 0 saturated carbocycles. The molecule has 0 spiro atoms. The van der Waals surface area contributed by atoms with Crippen molar-refractivity contribution in [3.63, 3.8) is 0 Å². The predicted octanol–water partition coefficient (Wildman–Crippen LogP) is 6.58. The van der Waals surface area contributed by atoms with Crippen LogP contribution < -0.4 is 4.74 Å². The number of ketones is 1. The molecule has 33 heavy (non-hydrogen) atoms. The number of carbonyl (C=O) groups is 1. The van der Waals surface area contributed by atoms with Crippen molar-refractivity contribution >= 4 is 27.9 Å². The molecule has 0 amide bonds. The summed E-state index contributed by atoms with van der Waals surface area (Å²) in [6.45, 7) is 6.43. The smallest absolute Gasteiger partial charge is 0.163 e. The Kier molecular flexibility index (Phi) is 7.21. The zero-order valence-electron chi connectivity index (χ0n) is 19.3. The van der Waals surface area contributed by atoms with Crippen molar-refractivity contribution in [1.82, 2.24) is 4.98 Å². The van der Waals surface area contributed by atoms with Crippen molar-refractivity contribution < 1.29 is 14.6 Å². The summed E-state index contributed by atoms with van der Waals surface area (Å²) >= 11 is 1.69. The summed E-state index contributed by atoms with van der Waals surface area (Å²) < 4.78 is 5.50. The quantitative estimate of drug-likeness (QED) is 0.287. The van der Waals surface area contributed by atoms with Crippen LogP contribution in [-0.2, 0) is 6.42 Å². The van der Waals surface area contributed by atoms with E-state index in [4.69, 9.17) is 14.8 Å². The van der Waals surface area contributed by atoms with Crippen LogP contribution in [0.5, 0.6) is 5.75 Å². The second-order valence-corrected chi connectivity index (χ2v) is 9.60. The minimum absolute atomic E-state index is 0.0334. The van der Waals surface area contributed by atoms with Gasteiger partial charge in [0.05, 0.1) is 12.3 Å². The van der Waals surface area contributed by atoms with Crippen molar-refractivity contribution in [2.24, 2.45) is 0 Å². The molecule has 4 aromatic rings. The SMILES string of the molecule is Cc1cc(C(=O)CCc2sc(-c3ccc4ccccc4c3)nc2C(C)C)ccc1OCCO. The van der Waals surface area contributed by atoms with Gasteiger partial charge >= 0.3 is 0 Å². The molecule has 3 aromatic carbocycles. The minimum Gasteiger partial charge on any atom is -0.491 e. The van der Waals surface area contributed by atoms with Gasteiger partial charge in [-0.15, -0.1) is 11.3 Å². The molecule has 170 valence electrons. The lowest BCUT2D eigenvalue weighted by Crippen LogP contribution is -2.05. The molecule has 4 nitrogen and oxygen atoms in total. The fraction of sp³-hybridized carbons (Fsp3) is 0.286. The van der Waals surface area contributed by atoms with Crippen LogP contribution in [0.25, 0.3) is 21.3 Å². The molecule has 0 bridgehead atoms. The number of aliphatic hydroxyl groups is 1. The van der Waals surface area contributed by atoms with Crippen molar-refractivity contribution in [2.75, 3.05) is 13.2 Å². The molecule has 1 heterocycles. The number of aliphatic hydroxyl groups excluding tert-OH is 1. The highest BCUT2D eigenvalue weighted by atomic mass is 32.1. The van der Waals surface area contributed by atoms with Crippen LogP contribution in [0.4, 0.5) is 0 Å². The Morgan fingerprint density at radius 3 is 2.58 bits per heavy atom. The van der Waals surface area contributed by atoms with Crippen molar-refractivity contribution in [2.45, 2.75) is 39.5 Å². The van der Waals surface area contributed by atoms with Crippen LogP contribution in [0.2, 0.25) is 0 Å². The van der Waals surface area contributed by atoms with Gasteiger partial charge in [0, 0.05) is 22.4 Å². The molecule has 0 saturated heterocycles. The van der Waals surface area contributed by atoms with E-state index in [0.717, 1.165) is 21.8 Å². The molecule has 0 aliphatic heterocycles. The number of Topliss-reactive ketones (excluding diaryl/α,β-unsaturated/α-hetero) is 1. The zero-order chi connectivity index (χ0) is 23.4. The van der Waals surface area contributed by atoms with Gasteiger partial charge in [-0.3, -0.25) is 4.79 Å². The fourth-order valence-electron chi connectivity index (χ4n) is 3.95. The van der Waals surface area contributed by atoms with Crippen LogP contribution in [0, 0.1) is 6.92 Å². The fourth-order valence-corrected chi connectivity index (χ4v) is 5.16. The van der Waals surface area contributed by atoms with Crippen LogP contribution >= 0.6 is 11.3 Å². The number of hydrogen-bond donors (Lipinski definition) is 1. The average molecular weight is 460 g/mol. The number of aryl methyl sites for hydroxylation is 2. The second-order valence-electron chi connectivity index (χ2n) is 8.52. The highest BCUT2D eigenvalue weighted by Gasteiger charge is 2.17. The monoisotopic (exact) mass is 459 g/mol. The van der Waals surface area contributed by atoms with Crippen molar-refractivity contribution in [1.29, 1.82) is 0 Å². The maximum Gasteiger partial charge on any atom is 0.163 e. The van der Waals surface area contributed by atoms with Gasteiger partial charge < -0.3 is 9.84 Å². The number of benzene rings is 3. The zero-order valence-corrected chi connectivity index (χ0v) is 20.1. The molecule has 0 unspecified atom stereocenters. The number of hydrogen-bond acceptors (Lipinski definition) is 5. The summed E-state index contributed by atoms with van der Waals surface area (Å²) in [5, 5.41) is 12.4. The van der Waals surface area contributed by atoms with E-state index in [9.17, 15) is 4.79 Å². The van der Waals surface area contributed by atoms with E-state index in [-0.39, 0.29) is 19.0 Å². The van der Waals surface area contributed by atoms with Gasteiger partial charge in [-0.25, -0.2) is 4.98 Å². The van der Waals surface area contributed by atoms with Gasteiger partial charge in [-0.05, 0) is 59.9 Å². The van der Waals surface area contributed by atoms with Crippen LogP contribution in [0.1, 0.15) is 52.7 Å². The first kappa shape index (κ1) is 23.1. The maximum absolute atomic E-state index is 12.9. The molecule has 4 rings (SSSR count). The van der Waals surface area contributed by atoms with E-state index >= 15 is 0 Å². The third-order valence-corrected chi connectivity index (χ3v) is 6.88. The standard InChI is InChI=1S/C28H29NO3S/c1-18(2)27-26(13-11-24(31)22-10-12-25(19(3)16-22)32-15-14-30)33-28(29-27)23-9-8-20-6-4-5-7-21(20)17-23/h4-10,12,16-18,30H,11,13-15H2,1-3H3. The molecule has 0 aliphatic carbocycles. The van der Waals surface area contributed by atoms with E-state index in [0.29, 0.717) is 30.1 Å². The summed E-state index contributed by atoms with van der Waals surface area (Å²) in [6.07, 6.45) is 1.12. The van der Waals surface area contributed by atoms with E-state index in [2.05, 4.69) is 56.3 Å². The summed E-state index contributed by atoms with van der Waals surface area (Å²) in [6, 6.07) is 20.3. The van der Waals surface area contributed by atoms with E-state index in [1.807, 2.05) is 19.1 Å². The first-order chi connectivity index (χ1) is 16.0. The molecule has 1 N–H and O–H groups in total. The molecule has 0 radical (unpaired) electrons. The van der Waals surface area contributed by atoms with Crippen LogP contribution in [0.15, 0.2) is 60.7 Å². The highest BCUT2D eigenvalue weighted by Crippen LogP contribution is 2.34. The number of ether oxygens (including phenoxy) is 1. The Morgan fingerprint density at radius 2 is 1.85 bits per heavy atom. The molecule has 0 atom stereocenters. The van der Waals surface area contributed by atoms with Crippen molar-refractivity contribution in [3.8, 4) is 16.3 Å². The van der Waals surface area contributed by atoms with Gasteiger partial charge in [-0.2, -0.15) is 0 Å². The number of thiazole rings is 1. The van der Waals surface area contributed by atoms with Gasteiger partial charge in [0.1, 0.15) is 17.4 Å². The minimum atomic E-state index is -0.0334. The lowest BCUT2D eigenvalue weighted by atomic mass is 10.0. The molecular formula is C28H29NO3S.